The van der Waals surface area contributed by atoms with E-state index in [1.165, 1.54) is 0 Å². The molecule has 1 fully saturated rings. The number of primary amides is 1. The van der Waals surface area contributed by atoms with Crippen molar-refractivity contribution < 1.29 is 18.0 Å². The zero-order chi connectivity index (χ0) is 17.7. The number of hydrogen-bond acceptors (Lipinski definition) is 4. The molecule has 0 saturated carbocycles. The Hall–Kier alpha value is -1.93. The number of rotatable bonds is 6. The minimum Gasteiger partial charge on any atom is -0.369 e. The lowest BCUT2D eigenvalue weighted by molar-refractivity contribution is -0.123. The van der Waals surface area contributed by atoms with Gasteiger partial charge in [-0.2, -0.15) is 0 Å². The fourth-order valence-electron chi connectivity index (χ4n) is 2.74. The van der Waals surface area contributed by atoms with Crippen LogP contribution in [0, 0.1) is 5.92 Å². The Bertz CT molecular complexity index is 693. The lowest BCUT2D eigenvalue weighted by Gasteiger charge is -2.30. The van der Waals surface area contributed by atoms with Crippen LogP contribution in [0.4, 0.5) is 0 Å². The van der Waals surface area contributed by atoms with Crippen LogP contribution in [0.2, 0.25) is 0 Å². The van der Waals surface area contributed by atoms with Gasteiger partial charge in [0.2, 0.25) is 15.9 Å². The van der Waals surface area contributed by atoms with Crippen molar-refractivity contribution in [2.45, 2.75) is 19.3 Å². The molecule has 1 aliphatic rings. The molecule has 0 spiro atoms. The van der Waals surface area contributed by atoms with Crippen molar-refractivity contribution in [2.24, 2.45) is 11.7 Å². The standard InChI is InChI=1S/C16H23N3O4S/c1-24(22,23)18-9-6-12-2-4-14(5-3-12)16(21)19-10-7-13(8-11-19)15(17)20/h2-5,13,18H,6-11H2,1H3,(H2,17,20). The molecule has 132 valence electrons. The number of hydrogen-bond donors (Lipinski definition) is 2. The molecule has 1 aromatic carbocycles. The van der Waals surface area contributed by atoms with E-state index in [1.807, 2.05) is 12.1 Å². The van der Waals surface area contributed by atoms with E-state index in [9.17, 15) is 18.0 Å². The van der Waals surface area contributed by atoms with Gasteiger partial charge < -0.3 is 10.6 Å². The van der Waals surface area contributed by atoms with Crippen molar-refractivity contribution in [1.82, 2.24) is 9.62 Å². The van der Waals surface area contributed by atoms with Gasteiger partial charge in [-0.3, -0.25) is 9.59 Å². The molecule has 0 aliphatic carbocycles. The summed E-state index contributed by atoms with van der Waals surface area (Å²) in [5, 5.41) is 0. The first-order chi connectivity index (χ1) is 11.3. The van der Waals surface area contributed by atoms with Crippen molar-refractivity contribution in [3.05, 3.63) is 35.4 Å². The van der Waals surface area contributed by atoms with E-state index in [-0.39, 0.29) is 17.7 Å². The maximum atomic E-state index is 12.5. The number of piperidine rings is 1. The Morgan fingerprint density at radius 3 is 2.29 bits per heavy atom. The van der Waals surface area contributed by atoms with Gasteiger partial charge in [-0.15, -0.1) is 0 Å². The first-order valence-electron chi connectivity index (χ1n) is 7.88. The van der Waals surface area contributed by atoms with Gasteiger partial charge in [-0.1, -0.05) is 12.1 Å². The summed E-state index contributed by atoms with van der Waals surface area (Å²) in [6.45, 7) is 1.39. The molecule has 2 rings (SSSR count). The summed E-state index contributed by atoms with van der Waals surface area (Å²) in [6.07, 6.45) is 2.90. The van der Waals surface area contributed by atoms with Gasteiger partial charge in [0.1, 0.15) is 0 Å². The van der Waals surface area contributed by atoms with Gasteiger partial charge in [0, 0.05) is 31.1 Å². The summed E-state index contributed by atoms with van der Waals surface area (Å²) in [6, 6.07) is 7.15. The number of sulfonamides is 1. The van der Waals surface area contributed by atoms with E-state index in [2.05, 4.69) is 4.72 Å². The first-order valence-corrected chi connectivity index (χ1v) is 9.77. The number of carbonyl (C=O) groups excluding carboxylic acids is 2. The maximum absolute atomic E-state index is 12.5. The van der Waals surface area contributed by atoms with Crippen LogP contribution < -0.4 is 10.5 Å². The second kappa shape index (κ2) is 7.76. The topological polar surface area (TPSA) is 110 Å². The molecular weight excluding hydrogens is 330 g/mol. The van der Waals surface area contributed by atoms with E-state index in [0.29, 0.717) is 44.5 Å². The number of nitrogens with two attached hydrogens (primary N) is 1. The number of nitrogens with zero attached hydrogens (tertiary/aromatic N) is 1. The third kappa shape index (κ3) is 5.31. The molecule has 0 unspecified atom stereocenters. The highest BCUT2D eigenvalue weighted by molar-refractivity contribution is 7.88. The van der Waals surface area contributed by atoms with Crippen molar-refractivity contribution in [3.63, 3.8) is 0 Å². The summed E-state index contributed by atoms with van der Waals surface area (Å²) in [5.74, 6) is -0.494. The Morgan fingerprint density at radius 1 is 1.21 bits per heavy atom. The third-order valence-electron chi connectivity index (χ3n) is 4.16. The highest BCUT2D eigenvalue weighted by Gasteiger charge is 2.26. The zero-order valence-electron chi connectivity index (χ0n) is 13.7. The van der Waals surface area contributed by atoms with Gasteiger partial charge in [-0.05, 0) is 37.0 Å². The van der Waals surface area contributed by atoms with Crippen molar-refractivity contribution in [1.29, 1.82) is 0 Å². The molecule has 0 atom stereocenters. The lowest BCUT2D eigenvalue weighted by Crippen LogP contribution is -2.41. The number of likely N-dealkylation sites (tertiary alicyclic amines) is 1. The second-order valence-electron chi connectivity index (χ2n) is 6.08. The average Bonchev–Trinajstić information content (AvgIpc) is 2.54. The Labute approximate surface area is 142 Å². The highest BCUT2D eigenvalue weighted by Crippen LogP contribution is 2.19. The third-order valence-corrected chi connectivity index (χ3v) is 4.89. The Balaban J connectivity index is 1.88. The molecule has 1 aliphatic heterocycles. The molecule has 7 nitrogen and oxygen atoms in total. The monoisotopic (exact) mass is 353 g/mol. The molecule has 8 heteroatoms. The van der Waals surface area contributed by atoms with Crippen molar-refractivity contribution in [2.75, 3.05) is 25.9 Å². The number of benzene rings is 1. The van der Waals surface area contributed by atoms with Crippen molar-refractivity contribution in [3.8, 4) is 0 Å². The van der Waals surface area contributed by atoms with Gasteiger partial charge >= 0.3 is 0 Å². The van der Waals surface area contributed by atoms with Gasteiger partial charge in [0.15, 0.2) is 0 Å². The van der Waals surface area contributed by atoms with E-state index in [1.54, 1.807) is 17.0 Å². The minimum absolute atomic E-state index is 0.0567. The number of nitrogens with one attached hydrogen (secondary N) is 1. The highest BCUT2D eigenvalue weighted by atomic mass is 32.2. The summed E-state index contributed by atoms with van der Waals surface area (Å²) < 4.78 is 24.5. The molecule has 2 amide bonds. The predicted octanol–water partition coefficient (Wildman–Crippen LogP) is 0.116. The maximum Gasteiger partial charge on any atom is 0.253 e. The van der Waals surface area contributed by atoms with Crippen LogP contribution in [0.3, 0.4) is 0 Å². The number of amides is 2. The van der Waals surface area contributed by atoms with E-state index < -0.39 is 10.0 Å². The molecule has 1 saturated heterocycles. The van der Waals surface area contributed by atoms with E-state index in [0.717, 1.165) is 11.8 Å². The Kier molecular flexibility index (Phi) is 5.95. The van der Waals surface area contributed by atoms with Crippen LogP contribution in [0.5, 0.6) is 0 Å². The van der Waals surface area contributed by atoms with Crippen LogP contribution in [-0.4, -0.2) is 51.0 Å². The average molecular weight is 353 g/mol. The fourth-order valence-corrected chi connectivity index (χ4v) is 3.22. The van der Waals surface area contributed by atoms with Crippen molar-refractivity contribution >= 4 is 21.8 Å². The molecule has 1 aromatic rings. The number of carbonyl (C=O) groups is 2. The molecule has 0 bridgehead atoms. The lowest BCUT2D eigenvalue weighted by atomic mass is 9.96. The van der Waals surface area contributed by atoms with E-state index >= 15 is 0 Å². The quantitative estimate of drug-likeness (QED) is 0.756. The van der Waals surface area contributed by atoms with Gasteiger partial charge in [-0.25, -0.2) is 13.1 Å². The summed E-state index contributed by atoms with van der Waals surface area (Å²) >= 11 is 0. The zero-order valence-corrected chi connectivity index (χ0v) is 14.5. The van der Waals surface area contributed by atoms with E-state index in [4.69, 9.17) is 5.73 Å². The molecular formula is C16H23N3O4S. The predicted molar refractivity (Wildman–Crippen MR) is 90.8 cm³/mol. The SMILES string of the molecule is CS(=O)(=O)NCCc1ccc(C(=O)N2CCC(C(N)=O)CC2)cc1. The second-order valence-corrected chi connectivity index (χ2v) is 7.92. The van der Waals surface area contributed by atoms with Crippen LogP contribution >= 0.6 is 0 Å². The van der Waals surface area contributed by atoms with Gasteiger partial charge in [0.25, 0.3) is 5.91 Å². The van der Waals surface area contributed by atoms with Crippen LogP contribution in [-0.2, 0) is 21.2 Å². The summed E-state index contributed by atoms with van der Waals surface area (Å²) in [5.41, 5.74) is 6.84. The fraction of sp³-hybridized carbons (Fsp3) is 0.500. The van der Waals surface area contributed by atoms with Crippen LogP contribution in [0.1, 0.15) is 28.8 Å². The van der Waals surface area contributed by atoms with Crippen LogP contribution in [0.25, 0.3) is 0 Å². The molecule has 1 heterocycles. The van der Waals surface area contributed by atoms with Crippen LogP contribution in [0.15, 0.2) is 24.3 Å². The Morgan fingerprint density at radius 2 is 1.79 bits per heavy atom. The minimum atomic E-state index is -3.18. The molecule has 24 heavy (non-hydrogen) atoms. The molecule has 3 N–H and O–H groups in total. The largest absolute Gasteiger partial charge is 0.369 e. The summed E-state index contributed by atoms with van der Waals surface area (Å²) in [7, 11) is -3.18. The van der Waals surface area contributed by atoms with Gasteiger partial charge in [0.05, 0.1) is 6.26 Å². The normalized spacial score (nSPS) is 16.1. The summed E-state index contributed by atoms with van der Waals surface area (Å²) in [4.78, 5) is 25.3. The molecule has 0 radical (unpaired) electrons. The first kappa shape index (κ1) is 18.4. The molecule has 0 aromatic heterocycles. The smallest absolute Gasteiger partial charge is 0.253 e.